The van der Waals surface area contributed by atoms with Gasteiger partial charge in [0.05, 0.1) is 0 Å². The summed E-state index contributed by atoms with van der Waals surface area (Å²) < 4.78 is 25.8. The molecule has 18 heavy (non-hydrogen) atoms. The topological polar surface area (TPSA) is 29.1 Å². The van der Waals surface area contributed by atoms with E-state index in [1.165, 1.54) is 6.07 Å². The minimum absolute atomic E-state index is 0.0715. The molecule has 0 heterocycles. The van der Waals surface area contributed by atoms with Gasteiger partial charge < -0.3 is 5.32 Å². The van der Waals surface area contributed by atoms with Gasteiger partial charge >= 0.3 is 0 Å². The highest BCUT2D eigenvalue weighted by molar-refractivity contribution is 5.95. The zero-order valence-electron chi connectivity index (χ0n) is 10.2. The molecule has 4 rings (SSSR count). The Morgan fingerprint density at radius 1 is 1.28 bits per heavy atom. The third-order valence-corrected chi connectivity index (χ3v) is 4.45. The number of carbonyl (C=O) groups excluding carboxylic acids is 1. The Hall–Kier alpha value is -1.45. The van der Waals surface area contributed by atoms with E-state index in [9.17, 15) is 13.6 Å². The number of nitrogens with one attached hydrogen (secondary N) is 1. The lowest BCUT2D eigenvalue weighted by atomic mass is 9.38. The van der Waals surface area contributed by atoms with Crippen LogP contribution in [0.2, 0.25) is 0 Å². The van der Waals surface area contributed by atoms with Crippen LogP contribution in [0, 0.1) is 17.0 Å². The minimum Gasteiger partial charge on any atom is -0.347 e. The Kier molecular flexibility index (Phi) is 2.28. The van der Waals surface area contributed by atoms with Crippen molar-refractivity contribution in [3.05, 3.63) is 35.4 Å². The Labute approximate surface area is 104 Å². The summed E-state index contributed by atoms with van der Waals surface area (Å²) in [6.45, 7) is 2.17. The van der Waals surface area contributed by atoms with Gasteiger partial charge in [0.15, 0.2) is 11.6 Å². The summed E-state index contributed by atoms with van der Waals surface area (Å²) in [5, 5.41) is 2.95. The molecule has 1 aromatic rings. The lowest BCUT2D eigenvalue weighted by Gasteiger charge is -2.70. The molecule has 96 valence electrons. The standard InChI is InChI=1S/C14H15F2NO/c1-2-13-6-14(7-13,8-13)17-12(18)9-3-4-10(15)11(16)5-9/h3-5H,2,6-8H2,1H3,(H,17,18). The second-order valence-corrected chi connectivity index (χ2v) is 5.75. The molecular formula is C14H15F2NO. The van der Waals surface area contributed by atoms with Crippen LogP contribution in [0.25, 0.3) is 0 Å². The molecule has 0 aromatic heterocycles. The predicted molar refractivity (Wildman–Crippen MR) is 63.1 cm³/mol. The molecule has 0 unspecified atom stereocenters. The number of carbonyl (C=O) groups is 1. The molecule has 0 radical (unpaired) electrons. The summed E-state index contributed by atoms with van der Waals surface area (Å²) in [7, 11) is 0. The molecule has 1 aromatic carbocycles. The molecule has 2 nitrogen and oxygen atoms in total. The highest BCUT2D eigenvalue weighted by atomic mass is 19.2. The molecular weight excluding hydrogens is 236 g/mol. The van der Waals surface area contributed by atoms with Gasteiger partial charge in [0.2, 0.25) is 0 Å². The van der Waals surface area contributed by atoms with Crippen molar-refractivity contribution in [2.45, 2.75) is 38.1 Å². The van der Waals surface area contributed by atoms with Crippen molar-refractivity contribution in [1.29, 1.82) is 0 Å². The van der Waals surface area contributed by atoms with E-state index in [0.717, 1.165) is 37.8 Å². The van der Waals surface area contributed by atoms with E-state index in [4.69, 9.17) is 0 Å². The number of halogens is 2. The van der Waals surface area contributed by atoms with Crippen LogP contribution in [0.1, 0.15) is 43.0 Å². The zero-order valence-corrected chi connectivity index (χ0v) is 10.2. The fraction of sp³-hybridized carbons (Fsp3) is 0.500. The SMILES string of the molecule is CCC12CC(NC(=O)c3ccc(F)c(F)c3)(C1)C2. The summed E-state index contributed by atoms with van der Waals surface area (Å²) >= 11 is 0. The van der Waals surface area contributed by atoms with Gasteiger partial charge in [-0.2, -0.15) is 0 Å². The van der Waals surface area contributed by atoms with E-state index in [2.05, 4.69) is 12.2 Å². The molecule has 0 aliphatic heterocycles. The molecule has 1 N–H and O–H groups in total. The lowest BCUT2D eigenvalue weighted by molar-refractivity contribution is -0.149. The van der Waals surface area contributed by atoms with Crippen LogP contribution in [-0.2, 0) is 0 Å². The molecule has 3 aliphatic carbocycles. The van der Waals surface area contributed by atoms with Crippen molar-refractivity contribution in [1.82, 2.24) is 5.32 Å². The van der Waals surface area contributed by atoms with Crippen molar-refractivity contribution in [2.75, 3.05) is 0 Å². The number of benzene rings is 1. The number of hydrogen-bond donors (Lipinski definition) is 1. The van der Waals surface area contributed by atoms with E-state index in [0.29, 0.717) is 5.41 Å². The normalized spacial score (nSPS) is 32.4. The molecule has 2 bridgehead atoms. The van der Waals surface area contributed by atoms with Crippen molar-refractivity contribution in [3.8, 4) is 0 Å². The Morgan fingerprint density at radius 3 is 2.50 bits per heavy atom. The number of rotatable bonds is 3. The van der Waals surface area contributed by atoms with Gasteiger partial charge in [0, 0.05) is 11.1 Å². The van der Waals surface area contributed by atoms with Gasteiger partial charge in [-0.25, -0.2) is 8.78 Å². The van der Waals surface area contributed by atoms with Crippen molar-refractivity contribution >= 4 is 5.91 Å². The predicted octanol–water partition coefficient (Wildman–Crippen LogP) is 3.03. The molecule has 0 atom stereocenters. The van der Waals surface area contributed by atoms with E-state index >= 15 is 0 Å². The van der Waals surface area contributed by atoms with Gasteiger partial charge in [-0.1, -0.05) is 13.3 Å². The number of hydrogen-bond acceptors (Lipinski definition) is 1. The van der Waals surface area contributed by atoms with Crippen LogP contribution >= 0.6 is 0 Å². The first-order valence-electron chi connectivity index (χ1n) is 6.25. The smallest absolute Gasteiger partial charge is 0.251 e. The molecule has 3 saturated carbocycles. The van der Waals surface area contributed by atoms with Crippen LogP contribution < -0.4 is 5.32 Å². The molecule has 4 heteroatoms. The van der Waals surface area contributed by atoms with Gasteiger partial charge in [0.1, 0.15) is 0 Å². The Bertz CT molecular complexity index is 507. The largest absolute Gasteiger partial charge is 0.347 e. The zero-order chi connectivity index (χ0) is 13.0. The Balaban J connectivity index is 1.68. The number of amides is 1. The fourth-order valence-corrected chi connectivity index (χ4v) is 3.46. The van der Waals surface area contributed by atoms with Crippen molar-refractivity contribution in [3.63, 3.8) is 0 Å². The molecule has 0 saturated heterocycles. The second-order valence-electron chi connectivity index (χ2n) is 5.75. The molecule has 0 spiro atoms. The first kappa shape index (κ1) is 11.6. The van der Waals surface area contributed by atoms with Crippen LogP contribution in [0.4, 0.5) is 8.78 Å². The Morgan fingerprint density at radius 2 is 1.94 bits per heavy atom. The summed E-state index contributed by atoms with van der Waals surface area (Å²) in [4.78, 5) is 11.9. The van der Waals surface area contributed by atoms with E-state index in [1.807, 2.05) is 0 Å². The lowest BCUT2D eigenvalue weighted by Crippen LogP contribution is -2.74. The van der Waals surface area contributed by atoms with Crippen LogP contribution in [0.3, 0.4) is 0 Å². The third-order valence-electron chi connectivity index (χ3n) is 4.45. The first-order valence-corrected chi connectivity index (χ1v) is 6.25. The summed E-state index contributed by atoms with van der Waals surface area (Å²) in [6, 6.07) is 3.25. The van der Waals surface area contributed by atoms with Gasteiger partial charge in [-0.3, -0.25) is 4.79 Å². The van der Waals surface area contributed by atoms with Crippen LogP contribution in [-0.4, -0.2) is 11.4 Å². The van der Waals surface area contributed by atoms with Crippen LogP contribution in [0.5, 0.6) is 0 Å². The maximum absolute atomic E-state index is 13.0. The van der Waals surface area contributed by atoms with Crippen LogP contribution in [0.15, 0.2) is 18.2 Å². The minimum atomic E-state index is -0.981. The average molecular weight is 251 g/mol. The third kappa shape index (κ3) is 1.55. The maximum atomic E-state index is 13.0. The van der Waals surface area contributed by atoms with Gasteiger partial charge in [-0.15, -0.1) is 0 Å². The van der Waals surface area contributed by atoms with E-state index < -0.39 is 11.6 Å². The van der Waals surface area contributed by atoms with Crippen molar-refractivity contribution in [2.24, 2.45) is 5.41 Å². The monoisotopic (exact) mass is 251 g/mol. The fourth-order valence-electron chi connectivity index (χ4n) is 3.46. The molecule has 3 aliphatic rings. The molecule has 3 fully saturated rings. The molecule has 1 amide bonds. The van der Waals surface area contributed by atoms with Gasteiger partial charge in [-0.05, 0) is 42.9 Å². The second kappa shape index (κ2) is 3.53. The van der Waals surface area contributed by atoms with E-state index in [1.54, 1.807) is 0 Å². The highest BCUT2D eigenvalue weighted by Gasteiger charge is 2.67. The van der Waals surface area contributed by atoms with Crippen molar-refractivity contribution < 1.29 is 13.6 Å². The summed E-state index contributed by atoms with van der Waals surface area (Å²) in [5.74, 6) is -2.22. The quantitative estimate of drug-likeness (QED) is 0.879. The summed E-state index contributed by atoms with van der Waals surface area (Å²) in [5.41, 5.74) is 0.559. The van der Waals surface area contributed by atoms with E-state index in [-0.39, 0.29) is 17.0 Å². The van der Waals surface area contributed by atoms with Gasteiger partial charge in [0.25, 0.3) is 5.91 Å². The highest BCUT2D eigenvalue weighted by Crippen LogP contribution is 2.68. The first-order chi connectivity index (χ1) is 8.48. The maximum Gasteiger partial charge on any atom is 0.251 e. The average Bonchev–Trinajstić information content (AvgIpc) is 2.24. The summed E-state index contributed by atoms with van der Waals surface area (Å²) in [6.07, 6.45) is 4.21.